The van der Waals surface area contributed by atoms with E-state index >= 15 is 0 Å². The maximum Gasteiger partial charge on any atom is 0.408 e. The number of carboxylic acids is 1. The predicted molar refractivity (Wildman–Crippen MR) is 57.1 cm³/mol. The van der Waals surface area contributed by atoms with Gasteiger partial charge in [-0.25, -0.2) is 9.59 Å². The molecule has 0 unspecified atom stereocenters. The van der Waals surface area contributed by atoms with Gasteiger partial charge in [0.05, 0.1) is 0 Å². The summed E-state index contributed by atoms with van der Waals surface area (Å²) in [6.45, 7) is 1.42. The Morgan fingerprint density at radius 3 is 2.25 bits per heavy atom. The van der Waals surface area contributed by atoms with Crippen molar-refractivity contribution in [2.45, 2.75) is 19.5 Å². The third-order valence-electron chi connectivity index (χ3n) is 2.27. The first-order chi connectivity index (χ1) is 7.52. The van der Waals surface area contributed by atoms with Gasteiger partial charge in [0, 0.05) is 6.54 Å². The minimum atomic E-state index is -1.24. The molecule has 0 radical (unpaired) electrons. The first-order valence-corrected chi connectivity index (χ1v) is 4.78. The lowest BCUT2D eigenvalue weighted by atomic mass is 10.2. The number of carbonyl (C=O) groups is 2. The number of aliphatic carboxylic acids is 1. The third-order valence-corrected chi connectivity index (χ3v) is 2.27. The van der Waals surface area contributed by atoms with Crippen molar-refractivity contribution in [1.82, 2.24) is 4.90 Å². The summed E-state index contributed by atoms with van der Waals surface area (Å²) in [7, 11) is 0. The molecule has 0 spiro atoms. The predicted octanol–water partition coefficient (Wildman–Crippen LogP) is 1.64. The second-order valence-corrected chi connectivity index (χ2v) is 3.41. The highest BCUT2D eigenvalue weighted by atomic mass is 16.4. The second-order valence-electron chi connectivity index (χ2n) is 3.41. The van der Waals surface area contributed by atoms with Gasteiger partial charge in [-0.05, 0) is 12.5 Å². The molecule has 0 saturated carbocycles. The van der Waals surface area contributed by atoms with Crippen LogP contribution in [0.25, 0.3) is 0 Å². The van der Waals surface area contributed by atoms with Crippen molar-refractivity contribution < 1.29 is 19.8 Å². The highest BCUT2D eigenvalue weighted by molar-refractivity contribution is 5.78. The molecule has 2 N–H and O–H groups in total. The second kappa shape index (κ2) is 5.16. The average molecular weight is 223 g/mol. The topological polar surface area (TPSA) is 77.8 Å². The monoisotopic (exact) mass is 223 g/mol. The summed E-state index contributed by atoms with van der Waals surface area (Å²) >= 11 is 0. The van der Waals surface area contributed by atoms with Crippen molar-refractivity contribution in [3.63, 3.8) is 0 Å². The van der Waals surface area contributed by atoms with E-state index in [1.807, 2.05) is 6.07 Å². The number of hydrogen-bond donors (Lipinski definition) is 2. The van der Waals surface area contributed by atoms with E-state index in [0.29, 0.717) is 0 Å². The van der Waals surface area contributed by atoms with Crippen LogP contribution in [0.15, 0.2) is 30.3 Å². The molecule has 86 valence electrons. The molecule has 1 atom stereocenters. The van der Waals surface area contributed by atoms with E-state index in [2.05, 4.69) is 0 Å². The molecular weight excluding hydrogens is 210 g/mol. The van der Waals surface area contributed by atoms with Crippen molar-refractivity contribution in [3.8, 4) is 0 Å². The molecule has 0 fully saturated rings. The first-order valence-electron chi connectivity index (χ1n) is 4.78. The maximum absolute atomic E-state index is 10.9. The van der Waals surface area contributed by atoms with Gasteiger partial charge in [0.15, 0.2) is 0 Å². The molecule has 1 aromatic rings. The Balaban J connectivity index is 2.81. The van der Waals surface area contributed by atoms with Crippen LogP contribution in [0.5, 0.6) is 0 Å². The zero-order chi connectivity index (χ0) is 12.1. The molecule has 0 heterocycles. The minimum Gasteiger partial charge on any atom is -0.480 e. The van der Waals surface area contributed by atoms with Crippen LogP contribution in [-0.2, 0) is 11.3 Å². The lowest BCUT2D eigenvalue weighted by Crippen LogP contribution is -2.41. The van der Waals surface area contributed by atoms with Crippen LogP contribution in [0.2, 0.25) is 0 Å². The molecule has 1 aromatic carbocycles. The molecule has 0 aliphatic carbocycles. The van der Waals surface area contributed by atoms with Gasteiger partial charge in [-0.15, -0.1) is 0 Å². The molecule has 1 amide bonds. The Morgan fingerprint density at radius 1 is 1.25 bits per heavy atom. The molecule has 0 aromatic heterocycles. The number of hydrogen-bond acceptors (Lipinski definition) is 2. The minimum absolute atomic E-state index is 0.0731. The summed E-state index contributed by atoms with van der Waals surface area (Å²) < 4.78 is 0. The molecule has 0 bridgehead atoms. The van der Waals surface area contributed by atoms with E-state index in [9.17, 15) is 9.59 Å². The van der Waals surface area contributed by atoms with Crippen molar-refractivity contribution in [2.75, 3.05) is 0 Å². The summed E-state index contributed by atoms with van der Waals surface area (Å²) in [5.74, 6) is -1.15. The van der Waals surface area contributed by atoms with Gasteiger partial charge in [-0.3, -0.25) is 4.90 Å². The van der Waals surface area contributed by atoms with Crippen LogP contribution in [0.3, 0.4) is 0 Å². The van der Waals surface area contributed by atoms with Crippen LogP contribution in [0.1, 0.15) is 12.5 Å². The number of rotatable bonds is 4. The van der Waals surface area contributed by atoms with Gasteiger partial charge >= 0.3 is 12.1 Å². The van der Waals surface area contributed by atoms with Crippen LogP contribution in [-0.4, -0.2) is 33.2 Å². The summed E-state index contributed by atoms with van der Waals surface area (Å²) in [5, 5.41) is 17.7. The van der Waals surface area contributed by atoms with Crippen molar-refractivity contribution in [1.29, 1.82) is 0 Å². The van der Waals surface area contributed by atoms with E-state index in [1.165, 1.54) is 6.92 Å². The molecular formula is C11H13NO4. The average Bonchev–Trinajstić information content (AvgIpc) is 2.26. The number of amides is 1. The summed E-state index contributed by atoms with van der Waals surface area (Å²) in [6, 6.07) is 7.82. The van der Waals surface area contributed by atoms with Crippen LogP contribution >= 0.6 is 0 Å². The zero-order valence-electron chi connectivity index (χ0n) is 8.83. The summed E-state index contributed by atoms with van der Waals surface area (Å²) in [4.78, 5) is 22.5. The molecule has 5 heteroatoms. The highest BCUT2D eigenvalue weighted by Crippen LogP contribution is 2.08. The van der Waals surface area contributed by atoms with Gasteiger partial charge in [0.2, 0.25) is 0 Å². The van der Waals surface area contributed by atoms with E-state index in [1.54, 1.807) is 24.3 Å². The van der Waals surface area contributed by atoms with E-state index in [4.69, 9.17) is 10.2 Å². The fraction of sp³-hybridized carbons (Fsp3) is 0.273. The van der Waals surface area contributed by atoms with Gasteiger partial charge in [0.1, 0.15) is 6.04 Å². The van der Waals surface area contributed by atoms with Crippen molar-refractivity contribution in [3.05, 3.63) is 35.9 Å². The Bertz CT molecular complexity index is 377. The Morgan fingerprint density at radius 2 is 1.81 bits per heavy atom. The Hall–Kier alpha value is -2.04. The zero-order valence-corrected chi connectivity index (χ0v) is 8.83. The van der Waals surface area contributed by atoms with Gasteiger partial charge in [-0.2, -0.15) is 0 Å². The van der Waals surface area contributed by atoms with Gasteiger partial charge in [-0.1, -0.05) is 30.3 Å². The smallest absolute Gasteiger partial charge is 0.408 e. The normalized spacial score (nSPS) is 11.8. The molecule has 0 aliphatic heterocycles. The maximum atomic E-state index is 10.9. The Labute approximate surface area is 92.9 Å². The lowest BCUT2D eigenvalue weighted by Gasteiger charge is -2.23. The van der Waals surface area contributed by atoms with Crippen LogP contribution < -0.4 is 0 Å². The fourth-order valence-electron chi connectivity index (χ4n) is 1.28. The molecule has 0 saturated heterocycles. The van der Waals surface area contributed by atoms with E-state index < -0.39 is 18.1 Å². The largest absolute Gasteiger partial charge is 0.480 e. The van der Waals surface area contributed by atoms with Crippen LogP contribution in [0.4, 0.5) is 4.79 Å². The highest BCUT2D eigenvalue weighted by Gasteiger charge is 2.24. The first kappa shape index (κ1) is 12.0. The molecule has 1 rings (SSSR count). The molecule has 5 nitrogen and oxygen atoms in total. The quantitative estimate of drug-likeness (QED) is 0.813. The lowest BCUT2D eigenvalue weighted by molar-refractivity contribution is -0.142. The van der Waals surface area contributed by atoms with E-state index in [0.717, 1.165) is 10.5 Å². The number of carboxylic acid groups (broad SMARTS) is 2. The van der Waals surface area contributed by atoms with Crippen LogP contribution in [0, 0.1) is 0 Å². The van der Waals surface area contributed by atoms with Gasteiger partial charge < -0.3 is 10.2 Å². The van der Waals surface area contributed by atoms with Crippen molar-refractivity contribution in [2.24, 2.45) is 0 Å². The third kappa shape index (κ3) is 2.98. The molecule has 16 heavy (non-hydrogen) atoms. The SMILES string of the molecule is C[C@@H](C(=O)O)N(Cc1ccccc1)C(=O)O. The number of nitrogens with zero attached hydrogens (tertiary/aromatic N) is 1. The standard InChI is InChI=1S/C11H13NO4/c1-8(10(13)14)12(11(15)16)7-9-5-3-2-4-6-9/h2-6,8H,7H2,1H3,(H,13,14)(H,15,16)/t8-/m0/s1. The summed E-state index contributed by atoms with van der Waals surface area (Å²) in [5.41, 5.74) is 0.762. The number of benzene rings is 1. The van der Waals surface area contributed by atoms with E-state index in [-0.39, 0.29) is 6.54 Å². The molecule has 0 aliphatic rings. The van der Waals surface area contributed by atoms with Crippen molar-refractivity contribution >= 4 is 12.1 Å². The van der Waals surface area contributed by atoms with Gasteiger partial charge in [0.25, 0.3) is 0 Å². The summed E-state index contributed by atoms with van der Waals surface area (Å²) in [6.07, 6.45) is -1.24. The Kier molecular flexibility index (Phi) is 3.88. The fourth-order valence-corrected chi connectivity index (χ4v) is 1.28.